The van der Waals surface area contributed by atoms with Gasteiger partial charge in [0.2, 0.25) is 6.41 Å². The summed E-state index contributed by atoms with van der Waals surface area (Å²) in [6.45, 7) is 2.13. The Morgan fingerprint density at radius 1 is 1.24 bits per heavy atom. The summed E-state index contributed by atoms with van der Waals surface area (Å²) in [6.07, 6.45) is 7.95. The normalized spacial score (nSPS) is 16.2. The molecule has 0 bridgehead atoms. The number of carbonyl (C=O) groups is 1. The molecule has 1 fully saturated rings. The number of nitrogens with one attached hydrogen (secondary N) is 1. The summed E-state index contributed by atoms with van der Waals surface area (Å²) in [5.74, 6) is 1.26. The van der Waals surface area contributed by atoms with Crippen LogP contribution in [0.5, 0.6) is 0 Å². The number of furan rings is 1. The molecule has 1 amide bonds. The number of anilines is 1. The van der Waals surface area contributed by atoms with E-state index in [2.05, 4.69) is 27.2 Å². The first-order valence-electron chi connectivity index (χ1n) is 8.47. The molecule has 1 aliphatic heterocycles. The summed E-state index contributed by atoms with van der Waals surface area (Å²) in [5, 5.41) is 3.79. The second kappa shape index (κ2) is 6.64. The van der Waals surface area contributed by atoms with Crippen LogP contribution in [0, 0.1) is 0 Å². The van der Waals surface area contributed by atoms with Gasteiger partial charge in [-0.3, -0.25) is 4.79 Å². The van der Waals surface area contributed by atoms with Crippen molar-refractivity contribution >= 4 is 23.1 Å². The Balaban J connectivity index is 1.88. The molecule has 128 valence electrons. The number of likely N-dealkylation sites (tertiary alicyclic amines) is 1. The Bertz CT molecular complexity index is 883. The summed E-state index contributed by atoms with van der Waals surface area (Å²) in [5.41, 5.74) is 3.68. The zero-order valence-corrected chi connectivity index (χ0v) is 14.1. The van der Waals surface area contributed by atoms with Crippen molar-refractivity contribution in [1.82, 2.24) is 14.9 Å². The maximum atomic E-state index is 10.8. The van der Waals surface area contributed by atoms with Crippen LogP contribution >= 0.6 is 0 Å². The van der Waals surface area contributed by atoms with Crippen LogP contribution in [0.25, 0.3) is 22.3 Å². The van der Waals surface area contributed by atoms with E-state index in [4.69, 9.17) is 4.42 Å². The third-order valence-electron chi connectivity index (χ3n) is 4.90. The van der Waals surface area contributed by atoms with E-state index in [0.29, 0.717) is 12.3 Å². The van der Waals surface area contributed by atoms with Crippen LogP contribution in [-0.4, -0.2) is 41.4 Å². The van der Waals surface area contributed by atoms with E-state index in [1.54, 1.807) is 12.4 Å². The number of rotatable bonds is 4. The lowest BCUT2D eigenvalue weighted by atomic mass is 9.86. The van der Waals surface area contributed by atoms with Crippen molar-refractivity contribution in [3.63, 3.8) is 0 Å². The zero-order chi connectivity index (χ0) is 17.2. The van der Waals surface area contributed by atoms with Crippen LogP contribution in [0.15, 0.2) is 41.3 Å². The summed E-state index contributed by atoms with van der Waals surface area (Å²) in [6, 6.07) is 5.75. The maximum absolute atomic E-state index is 10.8. The molecule has 6 heteroatoms. The zero-order valence-electron chi connectivity index (χ0n) is 14.1. The van der Waals surface area contributed by atoms with Crippen molar-refractivity contribution in [1.29, 1.82) is 0 Å². The molecule has 3 aromatic rings. The third kappa shape index (κ3) is 3.00. The van der Waals surface area contributed by atoms with Crippen molar-refractivity contribution in [3.8, 4) is 11.3 Å². The minimum Gasteiger partial charge on any atom is -0.456 e. The molecule has 0 saturated carbocycles. The predicted molar refractivity (Wildman–Crippen MR) is 96.4 cm³/mol. The first-order chi connectivity index (χ1) is 12.3. The number of carbonyl (C=O) groups excluding carboxylic acids is 1. The third-order valence-corrected chi connectivity index (χ3v) is 4.90. The molecule has 25 heavy (non-hydrogen) atoms. The average molecular weight is 336 g/mol. The van der Waals surface area contributed by atoms with Gasteiger partial charge in [0.25, 0.3) is 0 Å². The van der Waals surface area contributed by atoms with Crippen molar-refractivity contribution in [2.75, 3.05) is 25.5 Å². The van der Waals surface area contributed by atoms with Crippen LogP contribution in [-0.2, 0) is 4.79 Å². The number of hydrogen-bond donors (Lipinski definition) is 1. The average Bonchev–Trinajstić information content (AvgIpc) is 3.02. The molecule has 1 aliphatic rings. The fourth-order valence-corrected chi connectivity index (χ4v) is 3.61. The number of fused-ring (bicyclic) bond motifs is 1. The lowest BCUT2D eigenvalue weighted by Gasteiger charge is -2.29. The van der Waals surface area contributed by atoms with Crippen LogP contribution in [0.3, 0.4) is 0 Å². The first kappa shape index (κ1) is 15.8. The number of amides is 1. The fourth-order valence-electron chi connectivity index (χ4n) is 3.61. The molecule has 0 atom stereocenters. The topological polar surface area (TPSA) is 71.3 Å². The van der Waals surface area contributed by atoms with Gasteiger partial charge in [0.15, 0.2) is 0 Å². The summed E-state index contributed by atoms with van der Waals surface area (Å²) in [7, 11) is 2.15. The molecule has 0 aliphatic carbocycles. The molecule has 1 aromatic carbocycles. The van der Waals surface area contributed by atoms with E-state index in [0.717, 1.165) is 53.9 Å². The second-order valence-electron chi connectivity index (χ2n) is 6.52. The van der Waals surface area contributed by atoms with Gasteiger partial charge in [-0.25, -0.2) is 9.97 Å². The summed E-state index contributed by atoms with van der Waals surface area (Å²) < 4.78 is 6.19. The minimum atomic E-state index is 0.416. The fraction of sp³-hybridized carbons (Fsp3) is 0.316. The van der Waals surface area contributed by atoms with Crippen molar-refractivity contribution in [3.05, 3.63) is 42.5 Å². The smallest absolute Gasteiger partial charge is 0.211 e. The van der Waals surface area contributed by atoms with Crippen molar-refractivity contribution < 1.29 is 9.21 Å². The Morgan fingerprint density at radius 3 is 2.72 bits per heavy atom. The highest BCUT2D eigenvalue weighted by Gasteiger charge is 2.27. The maximum Gasteiger partial charge on any atom is 0.211 e. The monoisotopic (exact) mass is 336 g/mol. The van der Waals surface area contributed by atoms with Crippen molar-refractivity contribution in [2.45, 2.75) is 18.8 Å². The van der Waals surface area contributed by atoms with Gasteiger partial charge in [-0.05, 0) is 57.1 Å². The SMILES string of the molecule is CN1CCC(c2c(-c3cncnc3)oc3ccc(NC=O)cc23)CC1. The molecule has 2 aromatic heterocycles. The van der Waals surface area contributed by atoms with Gasteiger partial charge < -0.3 is 14.6 Å². The Hall–Kier alpha value is -2.73. The van der Waals surface area contributed by atoms with Crippen LogP contribution in [0.1, 0.15) is 24.3 Å². The standard InChI is InChI=1S/C19H20N4O2/c1-23-6-4-13(5-7-23)18-16-8-15(22-12-24)2-3-17(16)25-19(18)14-9-20-11-21-10-14/h2-3,8-13H,4-7H2,1H3,(H,22,24). The van der Waals surface area contributed by atoms with Gasteiger partial charge in [0.05, 0.1) is 5.56 Å². The van der Waals surface area contributed by atoms with Gasteiger partial charge in [0.1, 0.15) is 17.7 Å². The van der Waals surface area contributed by atoms with Crippen molar-refractivity contribution in [2.24, 2.45) is 0 Å². The molecular formula is C19H20N4O2. The van der Waals surface area contributed by atoms with E-state index in [-0.39, 0.29) is 0 Å². The molecule has 1 N–H and O–H groups in total. The van der Waals surface area contributed by atoms with Crippen LogP contribution in [0.2, 0.25) is 0 Å². The number of hydrogen-bond acceptors (Lipinski definition) is 5. The largest absolute Gasteiger partial charge is 0.456 e. The molecular weight excluding hydrogens is 316 g/mol. The molecule has 0 radical (unpaired) electrons. The summed E-state index contributed by atoms with van der Waals surface area (Å²) in [4.78, 5) is 21.4. The molecule has 0 unspecified atom stereocenters. The van der Waals surface area contributed by atoms with Gasteiger partial charge in [-0.2, -0.15) is 0 Å². The van der Waals surface area contributed by atoms with E-state index in [1.165, 1.54) is 11.9 Å². The molecule has 1 saturated heterocycles. The predicted octanol–water partition coefficient (Wildman–Crippen LogP) is 3.27. The Labute approximate surface area is 145 Å². The van der Waals surface area contributed by atoms with Gasteiger partial charge >= 0.3 is 0 Å². The number of nitrogens with zero attached hydrogens (tertiary/aromatic N) is 3. The van der Waals surface area contributed by atoms with E-state index >= 15 is 0 Å². The number of benzene rings is 1. The molecule has 4 rings (SSSR count). The quantitative estimate of drug-likeness (QED) is 0.741. The number of piperidine rings is 1. The highest BCUT2D eigenvalue weighted by Crippen LogP contribution is 2.42. The molecule has 0 spiro atoms. The highest BCUT2D eigenvalue weighted by molar-refractivity contribution is 5.92. The molecule has 6 nitrogen and oxygen atoms in total. The highest BCUT2D eigenvalue weighted by atomic mass is 16.3. The lowest BCUT2D eigenvalue weighted by Crippen LogP contribution is -2.29. The van der Waals surface area contributed by atoms with E-state index in [1.807, 2.05) is 18.2 Å². The summed E-state index contributed by atoms with van der Waals surface area (Å²) >= 11 is 0. The Morgan fingerprint density at radius 2 is 2.00 bits per heavy atom. The van der Waals surface area contributed by atoms with Gasteiger partial charge in [0, 0.05) is 29.0 Å². The van der Waals surface area contributed by atoms with Gasteiger partial charge in [-0.15, -0.1) is 0 Å². The van der Waals surface area contributed by atoms with E-state index in [9.17, 15) is 4.79 Å². The first-order valence-corrected chi connectivity index (χ1v) is 8.47. The molecule has 3 heterocycles. The number of aromatic nitrogens is 2. The van der Waals surface area contributed by atoms with Gasteiger partial charge in [-0.1, -0.05) is 0 Å². The second-order valence-corrected chi connectivity index (χ2v) is 6.52. The van der Waals surface area contributed by atoms with Crippen LogP contribution < -0.4 is 5.32 Å². The Kier molecular flexibility index (Phi) is 4.19. The lowest BCUT2D eigenvalue weighted by molar-refractivity contribution is -0.105. The van der Waals surface area contributed by atoms with Crippen LogP contribution in [0.4, 0.5) is 5.69 Å². The van der Waals surface area contributed by atoms with E-state index < -0.39 is 0 Å². The minimum absolute atomic E-state index is 0.416.